The number of piperazine rings is 1. The molecule has 42 heavy (non-hydrogen) atoms. The van der Waals surface area contributed by atoms with E-state index in [0.717, 1.165) is 5.56 Å². The van der Waals surface area contributed by atoms with Gasteiger partial charge in [-0.05, 0) is 60.0 Å². The van der Waals surface area contributed by atoms with Crippen molar-refractivity contribution >= 4 is 51.4 Å². The summed E-state index contributed by atoms with van der Waals surface area (Å²) < 4.78 is 29.6. The average molecular weight is 589 g/mol. The smallest absolute Gasteiger partial charge is 0.327 e. The van der Waals surface area contributed by atoms with Crippen LogP contribution in [-0.2, 0) is 11.2 Å². The second-order valence-corrected chi connectivity index (χ2v) is 10.2. The van der Waals surface area contributed by atoms with E-state index >= 15 is 0 Å². The molecule has 1 atom stereocenters. The van der Waals surface area contributed by atoms with Gasteiger partial charge in [-0.25, -0.2) is 28.5 Å². The third-order valence-corrected chi connectivity index (χ3v) is 7.42. The van der Waals surface area contributed by atoms with Gasteiger partial charge in [-0.15, -0.1) is 0 Å². The molecule has 6 rings (SSSR count). The van der Waals surface area contributed by atoms with Crippen molar-refractivity contribution in [3.05, 3.63) is 107 Å². The Morgan fingerprint density at radius 1 is 1.07 bits per heavy atom. The first-order chi connectivity index (χ1) is 20.3. The number of nitrogens with one attached hydrogen (secondary N) is 2. The third-order valence-electron chi connectivity index (χ3n) is 7.22. The van der Waals surface area contributed by atoms with Crippen molar-refractivity contribution in [3.8, 4) is 0 Å². The number of fused-ring (bicyclic) bond motifs is 3. The third kappa shape index (κ3) is 5.19. The van der Waals surface area contributed by atoms with Gasteiger partial charge in [0.1, 0.15) is 22.8 Å². The quantitative estimate of drug-likeness (QED) is 0.400. The van der Waals surface area contributed by atoms with Crippen LogP contribution in [0.3, 0.4) is 0 Å². The van der Waals surface area contributed by atoms with Crippen molar-refractivity contribution in [1.29, 1.82) is 0 Å². The van der Waals surface area contributed by atoms with Crippen LogP contribution in [0.25, 0.3) is 11.1 Å². The molecule has 2 aromatic carbocycles. The first kappa shape index (κ1) is 27.4. The van der Waals surface area contributed by atoms with Crippen LogP contribution >= 0.6 is 11.6 Å². The summed E-state index contributed by atoms with van der Waals surface area (Å²) in [5, 5.41) is 15.7. The molecule has 1 aromatic heterocycles. The highest BCUT2D eigenvalue weighted by molar-refractivity contribution is 6.69. The Kier molecular flexibility index (Phi) is 7.36. The van der Waals surface area contributed by atoms with E-state index in [1.165, 1.54) is 35.4 Å². The van der Waals surface area contributed by atoms with E-state index in [2.05, 4.69) is 25.6 Å². The summed E-state index contributed by atoms with van der Waals surface area (Å²) in [6, 6.07) is 9.31. The van der Waals surface area contributed by atoms with Crippen molar-refractivity contribution in [2.75, 3.05) is 25.0 Å². The Labute approximate surface area is 244 Å². The Bertz CT molecular complexity index is 1710. The number of halogens is 3. The zero-order chi connectivity index (χ0) is 29.4. The van der Waals surface area contributed by atoms with E-state index in [9.17, 15) is 23.5 Å². The number of allylic oxidation sites excluding steroid dienone is 5. The fourth-order valence-corrected chi connectivity index (χ4v) is 5.32. The van der Waals surface area contributed by atoms with Crippen LogP contribution in [0.15, 0.2) is 77.6 Å². The monoisotopic (exact) mass is 588 g/mol. The number of carboxylic acids is 1. The molecule has 1 amide bonds. The predicted octanol–water partition coefficient (Wildman–Crippen LogP) is 4.55. The zero-order valence-corrected chi connectivity index (χ0v) is 22.7. The number of hydrogen-bond acceptors (Lipinski definition) is 7. The van der Waals surface area contributed by atoms with E-state index < -0.39 is 23.6 Å². The maximum Gasteiger partial charge on any atom is 0.327 e. The molecule has 1 saturated heterocycles. The van der Waals surface area contributed by atoms with Gasteiger partial charge >= 0.3 is 5.97 Å². The summed E-state index contributed by atoms with van der Waals surface area (Å²) in [6.07, 6.45) is 6.89. The molecule has 212 valence electrons. The number of rotatable bonds is 5. The van der Waals surface area contributed by atoms with E-state index in [4.69, 9.17) is 11.6 Å². The fraction of sp³-hybridized carbons (Fsp3) is 0.167. The van der Waals surface area contributed by atoms with Crippen LogP contribution < -0.4 is 10.6 Å². The molecule has 3 heterocycles. The summed E-state index contributed by atoms with van der Waals surface area (Å²) in [6.45, 7) is 0.997. The average Bonchev–Trinajstić information content (AvgIpc) is 3.16. The topological polar surface area (TPSA) is 120 Å². The molecule has 0 radical (unpaired) electrons. The van der Waals surface area contributed by atoms with Crippen molar-refractivity contribution < 1.29 is 23.5 Å². The summed E-state index contributed by atoms with van der Waals surface area (Å²) in [5.41, 5.74) is 3.42. The second-order valence-electron chi connectivity index (χ2n) is 9.80. The van der Waals surface area contributed by atoms with Crippen molar-refractivity contribution in [1.82, 2.24) is 20.2 Å². The maximum absolute atomic E-state index is 14.8. The van der Waals surface area contributed by atoms with Crippen LogP contribution in [0.4, 0.5) is 20.4 Å². The summed E-state index contributed by atoms with van der Waals surface area (Å²) in [4.78, 5) is 39.3. The first-order valence-electron chi connectivity index (χ1n) is 13.1. The SMILES string of the molecule is O=C(O)C1CNCCN1C(=O)c1ccc(Nc2ncc3c(n2)C2=CN=C(Cl)C=C(c4c(F)cccc4F)C2=CC3)cc1. The molecular formula is C30H23ClF2N6O3. The Morgan fingerprint density at radius 2 is 1.83 bits per heavy atom. The maximum atomic E-state index is 14.8. The lowest BCUT2D eigenvalue weighted by Crippen LogP contribution is -2.56. The van der Waals surface area contributed by atoms with E-state index in [0.29, 0.717) is 47.6 Å². The highest BCUT2D eigenvalue weighted by Gasteiger charge is 2.32. The number of anilines is 2. The standard InChI is InChI=1S/C30H23ClF2N6O3/c31-25-12-20(26-22(32)2-1-3-23(26)33)19-9-6-17-13-36-30(38-27(17)21(19)14-35-25)37-18-7-4-16(5-8-18)28(40)39-11-10-34-15-24(39)29(41)42/h1-5,7-9,12-14,24,34H,6,10-11,15H2,(H,41,42)(H,36,37,38). The summed E-state index contributed by atoms with van der Waals surface area (Å²) >= 11 is 6.26. The van der Waals surface area contributed by atoms with Crippen molar-refractivity contribution in [2.24, 2.45) is 4.99 Å². The van der Waals surface area contributed by atoms with E-state index in [-0.39, 0.29) is 34.7 Å². The molecule has 1 unspecified atom stereocenters. The molecule has 0 bridgehead atoms. The highest BCUT2D eigenvalue weighted by atomic mass is 35.5. The summed E-state index contributed by atoms with van der Waals surface area (Å²) in [7, 11) is 0. The van der Waals surface area contributed by atoms with Gasteiger partial charge in [0.15, 0.2) is 0 Å². The molecule has 0 spiro atoms. The van der Waals surface area contributed by atoms with Crippen LogP contribution in [0.2, 0.25) is 0 Å². The van der Waals surface area contributed by atoms with Crippen LogP contribution in [0.5, 0.6) is 0 Å². The summed E-state index contributed by atoms with van der Waals surface area (Å²) in [5.74, 6) is -2.61. The van der Waals surface area contributed by atoms with Gasteiger partial charge in [-0.3, -0.25) is 4.79 Å². The lowest BCUT2D eigenvalue weighted by molar-refractivity contribution is -0.142. The fourth-order valence-electron chi connectivity index (χ4n) is 5.17. The Morgan fingerprint density at radius 3 is 2.57 bits per heavy atom. The molecule has 9 nitrogen and oxygen atoms in total. The number of amides is 1. The minimum Gasteiger partial charge on any atom is -0.480 e. The molecular weight excluding hydrogens is 566 g/mol. The number of benzene rings is 2. The number of aromatic nitrogens is 2. The molecule has 1 fully saturated rings. The van der Waals surface area contributed by atoms with Gasteiger partial charge in [0.2, 0.25) is 5.95 Å². The largest absolute Gasteiger partial charge is 0.480 e. The Hall–Kier alpha value is -4.74. The minimum absolute atomic E-state index is 0.0644. The van der Waals surface area contributed by atoms with E-state index in [1.807, 2.05) is 6.08 Å². The Balaban J connectivity index is 1.26. The molecule has 12 heteroatoms. The van der Waals surface area contributed by atoms with Crippen LogP contribution in [-0.4, -0.2) is 62.7 Å². The first-order valence-corrected chi connectivity index (χ1v) is 13.5. The molecule has 2 aliphatic heterocycles. The van der Waals surface area contributed by atoms with Gasteiger partial charge in [0, 0.05) is 54.4 Å². The number of aliphatic carboxylic acids is 1. The lowest BCUT2D eigenvalue weighted by atomic mass is 9.84. The second kappa shape index (κ2) is 11.3. The van der Waals surface area contributed by atoms with Gasteiger partial charge in [-0.2, -0.15) is 0 Å². The predicted molar refractivity (Wildman–Crippen MR) is 154 cm³/mol. The minimum atomic E-state index is -1.06. The molecule has 3 aromatic rings. The zero-order valence-electron chi connectivity index (χ0n) is 21.9. The molecule has 1 aliphatic carbocycles. The lowest BCUT2D eigenvalue weighted by Gasteiger charge is -2.33. The van der Waals surface area contributed by atoms with Crippen molar-refractivity contribution in [2.45, 2.75) is 12.5 Å². The molecule has 3 aliphatic rings. The number of carbonyl (C=O) groups is 2. The highest BCUT2D eigenvalue weighted by Crippen LogP contribution is 2.41. The number of nitrogens with zero attached hydrogens (tertiary/aromatic N) is 4. The molecule has 3 N–H and O–H groups in total. The van der Waals surface area contributed by atoms with Crippen LogP contribution in [0, 0.1) is 11.6 Å². The van der Waals surface area contributed by atoms with Crippen molar-refractivity contribution in [3.63, 3.8) is 0 Å². The van der Waals surface area contributed by atoms with Gasteiger partial charge in [-0.1, -0.05) is 23.7 Å². The van der Waals surface area contributed by atoms with Gasteiger partial charge in [0.05, 0.1) is 11.3 Å². The normalized spacial score (nSPS) is 18.0. The number of aliphatic imine (C=N–C) groups is 1. The number of carbonyl (C=O) groups excluding carboxylic acids is 1. The molecule has 0 saturated carbocycles. The van der Waals surface area contributed by atoms with E-state index in [1.54, 1.807) is 30.5 Å². The van der Waals surface area contributed by atoms with Gasteiger partial charge in [0.25, 0.3) is 5.91 Å². The number of hydrogen-bond donors (Lipinski definition) is 3. The van der Waals surface area contributed by atoms with Crippen LogP contribution in [0.1, 0.15) is 27.2 Å². The van der Waals surface area contributed by atoms with Gasteiger partial charge < -0.3 is 20.6 Å². The number of carboxylic acid groups (broad SMARTS) is 1.